The van der Waals surface area contributed by atoms with Crippen LogP contribution in [0.1, 0.15) is 24.6 Å². The van der Waals surface area contributed by atoms with Crippen LogP contribution >= 0.6 is 11.6 Å². The lowest BCUT2D eigenvalue weighted by molar-refractivity contribution is 0.948. The number of rotatable bonds is 1. The molecule has 2 aromatic carbocycles. The van der Waals surface area contributed by atoms with Gasteiger partial charge >= 0.3 is 0 Å². The van der Waals surface area contributed by atoms with E-state index in [1.807, 2.05) is 12.1 Å². The maximum Gasteiger partial charge on any atom is 0.140 e. The van der Waals surface area contributed by atoms with Crippen molar-refractivity contribution in [1.29, 1.82) is 0 Å². The third-order valence-electron chi connectivity index (χ3n) is 3.48. The summed E-state index contributed by atoms with van der Waals surface area (Å²) < 4.78 is 0. The fourth-order valence-corrected chi connectivity index (χ4v) is 2.56. The Morgan fingerprint density at radius 1 is 1.00 bits per heavy atom. The minimum Gasteiger partial charge on any atom is -0.232 e. The fourth-order valence-electron chi connectivity index (χ4n) is 2.32. The van der Waals surface area contributed by atoms with Crippen LogP contribution in [0.15, 0.2) is 36.4 Å². The summed E-state index contributed by atoms with van der Waals surface area (Å²) in [7, 11) is 0. The van der Waals surface area contributed by atoms with Crippen LogP contribution in [0, 0.1) is 0 Å². The fraction of sp³-hybridized carbons (Fsp3) is 0.200. The maximum absolute atomic E-state index is 6.28. The number of halogens is 1. The average Bonchev–Trinajstić information content (AvgIpc) is 3.21. The van der Waals surface area contributed by atoms with Crippen LogP contribution in [0.2, 0.25) is 5.15 Å². The summed E-state index contributed by atoms with van der Waals surface area (Å²) in [6, 6.07) is 12.4. The maximum atomic E-state index is 6.28. The molecule has 0 saturated heterocycles. The van der Waals surface area contributed by atoms with E-state index >= 15 is 0 Å². The molecule has 88 valence electrons. The normalized spacial score (nSPS) is 15.4. The van der Waals surface area contributed by atoms with Gasteiger partial charge in [-0.3, -0.25) is 0 Å². The quantitative estimate of drug-likeness (QED) is 0.478. The standard InChI is InChI=1S/C15H11ClN2/c16-14-12-7-10-3-1-2-4-11(10)8-13(12)17-15(18-14)9-5-6-9/h1-4,7-9H,5-6H2. The molecule has 1 aromatic heterocycles. The van der Waals surface area contributed by atoms with Gasteiger partial charge in [0.2, 0.25) is 0 Å². The van der Waals surface area contributed by atoms with Crippen molar-refractivity contribution in [3.8, 4) is 0 Å². The van der Waals surface area contributed by atoms with Gasteiger partial charge in [-0.1, -0.05) is 35.9 Å². The molecular formula is C15H11ClN2. The van der Waals surface area contributed by atoms with Crippen LogP contribution in [-0.4, -0.2) is 9.97 Å². The van der Waals surface area contributed by atoms with E-state index in [1.165, 1.54) is 23.6 Å². The van der Waals surface area contributed by atoms with Crippen molar-refractivity contribution in [1.82, 2.24) is 9.97 Å². The minimum absolute atomic E-state index is 0.526. The molecule has 4 rings (SSSR count). The Balaban J connectivity index is 2.07. The lowest BCUT2D eigenvalue weighted by atomic mass is 10.1. The van der Waals surface area contributed by atoms with Crippen LogP contribution < -0.4 is 0 Å². The van der Waals surface area contributed by atoms with E-state index in [2.05, 4.69) is 34.2 Å². The Hall–Kier alpha value is -1.67. The third-order valence-corrected chi connectivity index (χ3v) is 3.76. The minimum atomic E-state index is 0.526. The monoisotopic (exact) mass is 254 g/mol. The van der Waals surface area contributed by atoms with Gasteiger partial charge in [0.15, 0.2) is 0 Å². The number of nitrogens with zero attached hydrogens (tertiary/aromatic N) is 2. The first kappa shape index (κ1) is 10.3. The first-order valence-electron chi connectivity index (χ1n) is 6.17. The molecule has 0 amide bonds. The average molecular weight is 255 g/mol. The zero-order valence-corrected chi connectivity index (χ0v) is 10.5. The van der Waals surface area contributed by atoms with Crippen LogP contribution in [0.3, 0.4) is 0 Å². The summed E-state index contributed by atoms with van der Waals surface area (Å²) in [5.74, 6) is 1.43. The second-order valence-electron chi connectivity index (χ2n) is 4.86. The molecule has 1 fully saturated rings. The van der Waals surface area contributed by atoms with E-state index in [4.69, 9.17) is 11.6 Å². The molecule has 0 N–H and O–H groups in total. The molecule has 1 aliphatic carbocycles. The van der Waals surface area contributed by atoms with Crippen molar-refractivity contribution in [3.63, 3.8) is 0 Å². The smallest absolute Gasteiger partial charge is 0.140 e. The van der Waals surface area contributed by atoms with E-state index in [-0.39, 0.29) is 0 Å². The Labute approximate surface area is 110 Å². The second-order valence-corrected chi connectivity index (χ2v) is 5.22. The molecule has 0 bridgehead atoms. The van der Waals surface area contributed by atoms with E-state index < -0.39 is 0 Å². The highest BCUT2D eigenvalue weighted by molar-refractivity contribution is 6.34. The largest absolute Gasteiger partial charge is 0.232 e. The molecule has 2 nitrogen and oxygen atoms in total. The van der Waals surface area contributed by atoms with Crippen LogP contribution in [0.25, 0.3) is 21.7 Å². The summed E-state index contributed by atoms with van der Waals surface area (Å²) in [5.41, 5.74) is 0.954. The first-order chi connectivity index (χ1) is 8.81. The third kappa shape index (κ3) is 1.57. The molecule has 0 unspecified atom stereocenters. The van der Waals surface area contributed by atoms with Gasteiger partial charge < -0.3 is 0 Å². The van der Waals surface area contributed by atoms with Gasteiger partial charge in [0, 0.05) is 11.3 Å². The lowest BCUT2D eigenvalue weighted by Gasteiger charge is -2.05. The molecule has 0 radical (unpaired) electrons. The summed E-state index contributed by atoms with van der Waals surface area (Å²) in [6.45, 7) is 0. The summed E-state index contributed by atoms with van der Waals surface area (Å²) in [6.07, 6.45) is 2.38. The van der Waals surface area contributed by atoms with Gasteiger partial charge in [0.05, 0.1) is 5.52 Å². The van der Waals surface area contributed by atoms with Gasteiger partial charge in [0.1, 0.15) is 11.0 Å². The predicted molar refractivity (Wildman–Crippen MR) is 74.0 cm³/mol. The van der Waals surface area contributed by atoms with Crippen LogP contribution in [-0.2, 0) is 0 Å². The van der Waals surface area contributed by atoms with Gasteiger partial charge in [0.25, 0.3) is 0 Å². The van der Waals surface area contributed by atoms with Crippen LogP contribution in [0.4, 0.5) is 0 Å². The molecule has 1 heterocycles. The molecule has 3 heteroatoms. The molecule has 0 aliphatic heterocycles. The zero-order chi connectivity index (χ0) is 12.1. The highest BCUT2D eigenvalue weighted by Gasteiger charge is 2.27. The number of benzene rings is 2. The van der Waals surface area contributed by atoms with E-state index in [1.54, 1.807) is 0 Å². The van der Waals surface area contributed by atoms with Crippen molar-refractivity contribution >= 4 is 33.3 Å². The topological polar surface area (TPSA) is 25.8 Å². The molecule has 1 saturated carbocycles. The number of hydrogen-bond donors (Lipinski definition) is 0. The lowest BCUT2D eigenvalue weighted by Crippen LogP contribution is -1.94. The molecule has 3 aromatic rings. The van der Waals surface area contributed by atoms with E-state index in [0.29, 0.717) is 11.1 Å². The van der Waals surface area contributed by atoms with Crippen molar-refractivity contribution in [2.75, 3.05) is 0 Å². The second kappa shape index (κ2) is 3.66. The highest BCUT2D eigenvalue weighted by atomic mass is 35.5. The zero-order valence-electron chi connectivity index (χ0n) is 9.73. The summed E-state index contributed by atoms with van der Waals surface area (Å²) >= 11 is 6.28. The van der Waals surface area contributed by atoms with Crippen LogP contribution in [0.5, 0.6) is 0 Å². The Morgan fingerprint density at radius 2 is 1.72 bits per heavy atom. The number of hydrogen-bond acceptors (Lipinski definition) is 2. The summed E-state index contributed by atoms with van der Waals surface area (Å²) in [4.78, 5) is 9.08. The molecular weight excluding hydrogens is 244 g/mol. The molecule has 1 aliphatic rings. The van der Waals surface area contributed by atoms with Crippen molar-refractivity contribution in [2.45, 2.75) is 18.8 Å². The van der Waals surface area contributed by atoms with E-state index in [0.717, 1.165) is 16.7 Å². The van der Waals surface area contributed by atoms with Gasteiger partial charge in [-0.2, -0.15) is 0 Å². The van der Waals surface area contributed by atoms with Gasteiger partial charge in [-0.05, 0) is 35.7 Å². The van der Waals surface area contributed by atoms with Crippen molar-refractivity contribution in [2.24, 2.45) is 0 Å². The van der Waals surface area contributed by atoms with Gasteiger partial charge in [-0.15, -0.1) is 0 Å². The van der Waals surface area contributed by atoms with Crippen molar-refractivity contribution < 1.29 is 0 Å². The summed E-state index contributed by atoms with van der Waals surface area (Å²) in [5, 5.41) is 3.89. The predicted octanol–water partition coefficient (Wildman–Crippen LogP) is 4.31. The first-order valence-corrected chi connectivity index (χ1v) is 6.55. The Morgan fingerprint density at radius 3 is 2.44 bits per heavy atom. The Bertz CT molecular complexity index is 763. The van der Waals surface area contributed by atoms with Gasteiger partial charge in [-0.25, -0.2) is 9.97 Å². The highest BCUT2D eigenvalue weighted by Crippen LogP contribution is 2.39. The molecule has 0 spiro atoms. The molecule has 0 atom stereocenters. The molecule has 18 heavy (non-hydrogen) atoms. The number of aromatic nitrogens is 2. The Kier molecular flexibility index (Phi) is 2.09. The van der Waals surface area contributed by atoms with Crippen molar-refractivity contribution in [3.05, 3.63) is 47.4 Å². The van der Waals surface area contributed by atoms with E-state index in [9.17, 15) is 0 Å². The number of fused-ring (bicyclic) bond motifs is 2. The SMILES string of the molecule is Clc1nc(C2CC2)nc2cc3ccccc3cc12.